The highest BCUT2D eigenvalue weighted by molar-refractivity contribution is 8.01. The fourth-order valence-corrected chi connectivity index (χ4v) is 4.09. The van der Waals surface area contributed by atoms with Gasteiger partial charge in [-0.2, -0.15) is 0 Å². The third kappa shape index (κ3) is 12.6. The molecule has 1 aliphatic rings. The lowest BCUT2D eigenvalue weighted by atomic mass is 10.1. The Bertz CT molecular complexity index is 563. The summed E-state index contributed by atoms with van der Waals surface area (Å²) in [5, 5.41) is -0.288. The zero-order valence-corrected chi connectivity index (χ0v) is 20.5. The van der Waals surface area contributed by atoms with Crippen molar-refractivity contribution < 1.29 is 33.3 Å². The molecule has 180 valence electrons. The van der Waals surface area contributed by atoms with E-state index in [1.54, 1.807) is 0 Å². The van der Waals surface area contributed by atoms with Crippen LogP contribution in [0.4, 0.5) is 0 Å². The molecule has 0 aliphatic carbocycles. The van der Waals surface area contributed by atoms with Gasteiger partial charge in [0.25, 0.3) is 0 Å². The zero-order chi connectivity index (χ0) is 23.3. The summed E-state index contributed by atoms with van der Waals surface area (Å²) < 4.78 is 21.6. The van der Waals surface area contributed by atoms with Crippen LogP contribution in [0.25, 0.3) is 0 Å². The average molecular weight is 462 g/mol. The van der Waals surface area contributed by atoms with Gasteiger partial charge in [0.1, 0.15) is 5.78 Å². The van der Waals surface area contributed by atoms with E-state index in [9.17, 15) is 14.4 Å². The molecule has 0 aromatic heterocycles. The van der Waals surface area contributed by atoms with Crippen molar-refractivity contribution in [1.82, 2.24) is 4.90 Å². The van der Waals surface area contributed by atoms with Gasteiger partial charge in [0.15, 0.2) is 0 Å². The van der Waals surface area contributed by atoms with E-state index in [1.807, 2.05) is 34.6 Å². The van der Waals surface area contributed by atoms with Crippen LogP contribution in [0.15, 0.2) is 0 Å². The van der Waals surface area contributed by atoms with Crippen LogP contribution in [0, 0.1) is 5.92 Å². The summed E-state index contributed by atoms with van der Waals surface area (Å²) in [7, 11) is 0. The third-order valence-corrected chi connectivity index (χ3v) is 5.77. The second-order valence-corrected chi connectivity index (χ2v) is 10.7. The molecule has 0 bridgehead atoms. The van der Waals surface area contributed by atoms with E-state index in [0.29, 0.717) is 59.3 Å². The van der Waals surface area contributed by atoms with Crippen LogP contribution in [0.3, 0.4) is 0 Å². The van der Waals surface area contributed by atoms with Gasteiger partial charge < -0.3 is 18.9 Å². The van der Waals surface area contributed by atoms with Crippen LogP contribution >= 0.6 is 11.8 Å². The molecule has 0 spiro atoms. The van der Waals surface area contributed by atoms with Crippen molar-refractivity contribution in [1.29, 1.82) is 0 Å². The molecule has 1 rings (SSSR count). The predicted octanol–water partition coefficient (Wildman–Crippen LogP) is 2.33. The fraction of sp³-hybridized carbons (Fsp3) is 0.864. The van der Waals surface area contributed by atoms with Crippen molar-refractivity contribution in [2.75, 3.05) is 59.4 Å². The Hall–Kier alpha value is -1.00. The molecule has 0 aromatic carbocycles. The molecular formula is C22H39NO7S. The number of Topliss-reactive ketones (excluding diaryl/α,β-unsaturated/α-hetero) is 1. The standard InChI is InChI=1S/C22H39NO7S/c1-17(2)18(24)6-8-27-10-12-29-14-15-30-13-11-28-9-7-23-20(25)16-19(21(23)26)31-22(3,4)5/h17,19H,6-16H2,1-5H3. The summed E-state index contributed by atoms with van der Waals surface area (Å²) in [6.45, 7) is 13.5. The Labute approximate surface area is 190 Å². The molecule has 1 saturated heterocycles. The molecular weight excluding hydrogens is 422 g/mol. The molecule has 1 unspecified atom stereocenters. The number of thioether (sulfide) groups is 1. The maximum Gasteiger partial charge on any atom is 0.242 e. The number of hydrogen-bond acceptors (Lipinski definition) is 8. The van der Waals surface area contributed by atoms with Crippen molar-refractivity contribution >= 4 is 29.4 Å². The van der Waals surface area contributed by atoms with E-state index in [4.69, 9.17) is 18.9 Å². The lowest BCUT2D eigenvalue weighted by Crippen LogP contribution is -2.35. The summed E-state index contributed by atoms with van der Waals surface area (Å²) in [6, 6.07) is 0. The zero-order valence-electron chi connectivity index (χ0n) is 19.6. The van der Waals surface area contributed by atoms with Gasteiger partial charge >= 0.3 is 0 Å². The highest BCUT2D eigenvalue weighted by atomic mass is 32.2. The van der Waals surface area contributed by atoms with E-state index in [2.05, 4.69) is 0 Å². The Morgan fingerprint density at radius 3 is 1.90 bits per heavy atom. The van der Waals surface area contributed by atoms with Crippen molar-refractivity contribution in [3.8, 4) is 0 Å². The maximum atomic E-state index is 12.4. The van der Waals surface area contributed by atoms with Gasteiger partial charge in [-0.15, -0.1) is 11.8 Å². The van der Waals surface area contributed by atoms with Crippen LogP contribution in [-0.4, -0.2) is 91.9 Å². The SMILES string of the molecule is CC(C)C(=O)CCOCCOCCOCCOCCN1C(=O)CC(SC(C)(C)C)C1=O. The largest absolute Gasteiger partial charge is 0.379 e. The lowest BCUT2D eigenvalue weighted by Gasteiger charge is -2.21. The number of nitrogens with zero attached hydrogens (tertiary/aromatic N) is 1. The molecule has 0 saturated carbocycles. The minimum atomic E-state index is -0.288. The van der Waals surface area contributed by atoms with Gasteiger partial charge in [-0.1, -0.05) is 34.6 Å². The number of imide groups is 1. The Kier molecular flexibility index (Phi) is 13.5. The van der Waals surface area contributed by atoms with Gasteiger partial charge in [0, 0.05) is 23.5 Å². The summed E-state index contributed by atoms with van der Waals surface area (Å²) in [5.41, 5.74) is 0. The van der Waals surface area contributed by atoms with Crippen molar-refractivity contribution in [3.05, 3.63) is 0 Å². The maximum absolute atomic E-state index is 12.4. The van der Waals surface area contributed by atoms with Gasteiger partial charge in [0.05, 0.1) is 64.6 Å². The second kappa shape index (κ2) is 14.9. The number of ether oxygens (including phenoxy) is 4. The van der Waals surface area contributed by atoms with Crippen LogP contribution in [0.5, 0.6) is 0 Å². The first kappa shape index (κ1) is 28.0. The van der Waals surface area contributed by atoms with Gasteiger partial charge in [0.2, 0.25) is 11.8 Å². The highest BCUT2D eigenvalue weighted by Gasteiger charge is 2.40. The summed E-state index contributed by atoms with van der Waals surface area (Å²) in [6.07, 6.45) is 0.711. The number of hydrogen-bond donors (Lipinski definition) is 0. The van der Waals surface area contributed by atoms with E-state index in [1.165, 1.54) is 16.7 Å². The van der Waals surface area contributed by atoms with Crippen LogP contribution in [0.2, 0.25) is 0 Å². The quantitative estimate of drug-likeness (QED) is 0.241. The molecule has 1 aliphatic heterocycles. The first-order valence-electron chi connectivity index (χ1n) is 11.0. The fourth-order valence-electron chi connectivity index (χ4n) is 2.79. The van der Waals surface area contributed by atoms with Gasteiger partial charge in [-0.25, -0.2) is 0 Å². The topological polar surface area (TPSA) is 91.4 Å². The molecule has 0 N–H and O–H groups in total. The molecule has 1 heterocycles. The molecule has 1 atom stereocenters. The number of rotatable bonds is 17. The van der Waals surface area contributed by atoms with Crippen molar-refractivity contribution in [3.63, 3.8) is 0 Å². The Morgan fingerprint density at radius 1 is 0.935 bits per heavy atom. The number of carbonyl (C=O) groups excluding carboxylic acids is 3. The minimum absolute atomic E-state index is 0.0519. The third-order valence-electron chi connectivity index (χ3n) is 4.41. The first-order chi connectivity index (χ1) is 14.6. The molecule has 2 amide bonds. The number of amides is 2. The summed E-state index contributed by atoms with van der Waals surface area (Å²) >= 11 is 1.54. The summed E-state index contributed by atoms with van der Waals surface area (Å²) in [4.78, 5) is 37.2. The van der Waals surface area contributed by atoms with Crippen LogP contribution < -0.4 is 0 Å². The van der Waals surface area contributed by atoms with E-state index >= 15 is 0 Å². The van der Waals surface area contributed by atoms with E-state index in [-0.39, 0.29) is 46.5 Å². The first-order valence-corrected chi connectivity index (χ1v) is 11.9. The van der Waals surface area contributed by atoms with E-state index < -0.39 is 0 Å². The van der Waals surface area contributed by atoms with Gasteiger partial charge in [-0.05, 0) is 0 Å². The Morgan fingerprint density at radius 2 is 1.42 bits per heavy atom. The molecule has 31 heavy (non-hydrogen) atoms. The second-order valence-electron chi connectivity index (χ2n) is 8.63. The highest BCUT2D eigenvalue weighted by Crippen LogP contribution is 2.34. The van der Waals surface area contributed by atoms with Crippen molar-refractivity contribution in [2.45, 2.75) is 57.5 Å². The molecule has 0 radical (unpaired) electrons. The molecule has 0 aromatic rings. The number of likely N-dealkylation sites (tertiary alicyclic amines) is 1. The predicted molar refractivity (Wildman–Crippen MR) is 120 cm³/mol. The van der Waals surface area contributed by atoms with E-state index in [0.717, 1.165) is 0 Å². The smallest absolute Gasteiger partial charge is 0.242 e. The monoisotopic (exact) mass is 461 g/mol. The van der Waals surface area contributed by atoms with Gasteiger partial charge in [-0.3, -0.25) is 19.3 Å². The average Bonchev–Trinajstić information content (AvgIpc) is 2.93. The van der Waals surface area contributed by atoms with Crippen LogP contribution in [-0.2, 0) is 33.3 Å². The van der Waals surface area contributed by atoms with Crippen LogP contribution in [0.1, 0.15) is 47.5 Å². The minimum Gasteiger partial charge on any atom is -0.379 e. The number of ketones is 1. The molecule has 8 nitrogen and oxygen atoms in total. The summed E-state index contributed by atoms with van der Waals surface area (Å²) in [5.74, 6) is 0.0200. The number of carbonyl (C=O) groups is 3. The molecule has 1 fully saturated rings. The Balaban J connectivity index is 1.93. The van der Waals surface area contributed by atoms with Crippen molar-refractivity contribution in [2.24, 2.45) is 5.92 Å². The normalized spacial score (nSPS) is 17.2. The lowest BCUT2D eigenvalue weighted by molar-refractivity contribution is -0.139. The molecule has 9 heteroatoms.